The highest BCUT2D eigenvalue weighted by Crippen LogP contribution is 2.19. The number of hydrogen-bond donors (Lipinski definition) is 1. The molecule has 2 heterocycles. The van der Waals surface area contributed by atoms with Crippen molar-refractivity contribution >= 4 is 21.8 Å². The number of nitrogens with one attached hydrogen (secondary N) is 1. The van der Waals surface area contributed by atoms with Gasteiger partial charge in [-0.15, -0.1) is 0 Å². The SMILES string of the molecule is CC(C)(C(=O)N1CCNCC1)n1cc(Br)ccc1=O. The number of pyridine rings is 1. The Balaban J connectivity index is 2.32. The zero-order valence-electron chi connectivity index (χ0n) is 11.1. The van der Waals surface area contributed by atoms with Crippen LogP contribution in [0.25, 0.3) is 0 Å². The molecule has 0 aliphatic carbocycles. The van der Waals surface area contributed by atoms with E-state index in [2.05, 4.69) is 21.2 Å². The molecule has 19 heavy (non-hydrogen) atoms. The molecule has 1 amide bonds. The number of halogens is 1. The van der Waals surface area contributed by atoms with E-state index < -0.39 is 5.54 Å². The van der Waals surface area contributed by atoms with Crippen molar-refractivity contribution in [3.63, 3.8) is 0 Å². The molecule has 0 saturated carbocycles. The lowest BCUT2D eigenvalue weighted by Gasteiger charge is -2.35. The second-order valence-corrected chi connectivity index (χ2v) is 6.07. The van der Waals surface area contributed by atoms with E-state index in [1.54, 1.807) is 26.1 Å². The third kappa shape index (κ3) is 2.90. The first-order valence-corrected chi connectivity index (χ1v) is 7.11. The van der Waals surface area contributed by atoms with E-state index in [-0.39, 0.29) is 11.5 Å². The maximum Gasteiger partial charge on any atom is 0.251 e. The van der Waals surface area contributed by atoms with Gasteiger partial charge in [0, 0.05) is 42.9 Å². The van der Waals surface area contributed by atoms with Gasteiger partial charge in [-0.05, 0) is 35.8 Å². The van der Waals surface area contributed by atoms with Gasteiger partial charge in [-0.3, -0.25) is 14.2 Å². The highest BCUT2D eigenvalue weighted by molar-refractivity contribution is 9.10. The molecule has 1 N–H and O–H groups in total. The number of aromatic nitrogens is 1. The van der Waals surface area contributed by atoms with Gasteiger partial charge in [0.25, 0.3) is 5.56 Å². The van der Waals surface area contributed by atoms with Crippen LogP contribution in [0.5, 0.6) is 0 Å². The van der Waals surface area contributed by atoms with Crippen LogP contribution in [0.1, 0.15) is 13.8 Å². The zero-order valence-corrected chi connectivity index (χ0v) is 12.7. The van der Waals surface area contributed by atoms with E-state index >= 15 is 0 Å². The number of hydrogen-bond acceptors (Lipinski definition) is 3. The van der Waals surface area contributed by atoms with E-state index in [0.717, 1.165) is 17.6 Å². The molecule has 1 aromatic heterocycles. The highest BCUT2D eigenvalue weighted by Gasteiger charge is 2.34. The summed E-state index contributed by atoms with van der Waals surface area (Å²) in [5, 5.41) is 3.21. The standard InChI is InChI=1S/C13H18BrN3O2/c1-13(2,12(19)16-7-5-15-6-8-16)17-9-10(14)3-4-11(17)18/h3-4,9,15H,5-8H2,1-2H3. The number of piperazine rings is 1. The van der Waals surface area contributed by atoms with Gasteiger partial charge in [-0.25, -0.2) is 0 Å². The molecule has 1 saturated heterocycles. The lowest BCUT2D eigenvalue weighted by molar-refractivity contribution is -0.140. The Hall–Kier alpha value is -1.14. The van der Waals surface area contributed by atoms with Crippen molar-refractivity contribution in [2.75, 3.05) is 26.2 Å². The number of nitrogens with zero attached hydrogens (tertiary/aromatic N) is 2. The fourth-order valence-corrected chi connectivity index (χ4v) is 2.59. The minimum atomic E-state index is -0.877. The van der Waals surface area contributed by atoms with Crippen molar-refractivity contribution < 1.29 is 4.79 Å². The third-order valence-electron chi connectivity index (χ3n) is 3.40. The molecule has 104 valence electrons. The summed E-state index contributed by atoms with van der Waals surface area (Å²) in [6.07, 6.45) is 1.67. The minimum Gasteiger partial charge on any atom is -0.338 e. The Kier molecular flexibility index (Phi) is 4.10. The first-order chi connectivity index (χ1) is 8.93. The van der Waals surface area contributed by atoms with Gasteiger partial charge in [-0.2, -0.15) is 0 Å². The maximum atomic E-state index is 12.6. The molecule has 1 aliphatic heterocycles. The van der Waals surface area contributed by atoms with Crippen LogP contribution in [0.2, 0.25) is 0 Å². The summed E-state index contributed by atoms with van der Waals surface area (Å²) in [7, 11) is 0. The van der Waals surface area contributed by atoms with Crippen molar-refractivity contribution in [2.45, 2.75) is 19.4 Å². The van der Waals surface area contributed by atoms with Gasteiger partial charge in [-0.1, -0.05) is 0 Å². The second kappa shape index (κ2) is 5.46. The predicted molar refractivity (Wildman–Crippen MR) is 77.2 cm³/mol. The molecule has 0 bridgehead atoms. The Bertz CT molecular complexity index is 533. The van der Waals surface area contributed by atoms with E-state index in [1.165, 1.54) is 10.6 Å². The third-order valence-corrected chi connectivity index (χ3v) is 3.87. The summed E-state index contributed by atoms with van der Waals surface area (Å²) in [5.41, 5.74) is -1.05. The monoisotopic (exact) mass is 327 g/mol. The second-order valence-electron chi connectivity index (χ2n) is 5.16. The first-order valence-electron chi connectivity index (χ1n) is 6.32. The smallest absolute Gasteiger partial charge is 0.251 e. The molecule has 1 fully saturated rings. The largest absolute Gasteiger partial charge is 0.338 e. The van der Waals surface area contributed by atoms with Crippen LogP contribution in [-0.2, 0) is 10.3 Å². The van der Waals surface area contributed by atoms with Crippen LogP contribution in [0.3, 0.4) is 0 Å². The molecule has 2 rings (SSSR count). The average molecular weight is 328 g/mol. The van der Waals surface area contributed by atoms with Crippen molar-refractivity contribution in [1.82, 2.24) is 14.8 Å². The topological polar surface area (TPSA) is 54.3 Å². The summed E-state index contributed by atoms with van der Waals surface area (Å²) in [6.45, 7) is 6.54. The molecule has 0 aromatic carbocycles. The lowest BCUT2D eigenvalue weighted by Crippen LogP contribution is -2.55. The molecule has 0 atom stereocenters. The molecule has 6 heteroatoms. The van der Waals surface area contributed by atoms with Crippen LogP contribution >= 0.6 is 15.9 Å². The Labute approximate surface area is 120 Å². The maximum absolute atomic E-state index is 12.6. The Morgan fingerprint density at radius 2 is 1.95 bits per heavy atom. The molecule has 0 unspecified atom stereocenters. The molecule has 1 aromatic rings. The van der Waals surface area contributed by atoms with E-state index in [0.29, 0.717) is 13.1 Å². The summed E-state index contributed by atoms with van der Waals surface area (Å²) in [5.74, 6) is -0.0193. The Morgan fingerprint density at radius 3 is 2.58 bits per heavy atom. The predicted octanol–water partition coefficient (Wildman–Crippen LogP) is 0.778. The van der Waals surface area contributed by atoms with E-state index in [9.17, 15) is 9.59 Å². The van der Waals surface area contributed by atoms with Crippen LogP contribution in [0.15, 0.2) is 27.6 Å². The van der Waals surface area contributed by atoms with Crippen molar-refractivity contribution in [1.29, 1.82) is 0 Å². The quantitative estimate of drug-likeness (QED) is 0.873. The molecule has 1 aliphatic rings. The van der Waals surface area contributed by atoms with Crippen LogP contribution in [-0.4, -0.2) is 41.6 Å². The molecular weight excluding hydrogens is 310 g/mol. The van der Waals surface area contributed by atoms with Gasteiger partial charge in [0.1, 0.15) is 5.54 Å². The van der Waals surface area contributed by atoms with Crippen LogP contribution in [0, 0.1) is 0 Å². The fraction of sp³-hybridized carbons (Fsp3) is 0.538. The van der Waals surface area contributed by atoms with Crippen LogP contribution < -0.4 is 10.9 Å². The molecule has 0 spiro atoms. The van der Waals surface area contributed by atoms with E-state index in [4.69, 9.17) is 0 Å². The van der Waals surface area contributed by atoms with Crippen molar-refractivity contribution in [3.05, 3.63) is 33.2 Å². The normalized spacial score (nSPS) is 16.5. The van der Waals surface area contributed by atoms with Crippen molar-refractivity contribution in [3.8, 4) is 0 Å². The van der Waals surface area contributed by atoms with Gasteiger partial charge in [0.2, 0.25) is 5.91 Å². The van der Waals surface area contributed by atoms with Gasteiger partial charge in [0.15, 0.2) is 0 Å². The van der Waals surface area contributed by atoms with Gasteiger partial charge >= 0.3 is 0 Å². The van der Waals surface area contributed by atoms with Gasteiger partial charge < -0.3 is 10.2 Å². The minimum absolute atomic E-state index is 0.0193. The van der Waals surface area contributed by atoms with Gasteiger partial charge in [0.05, 0.1) is 0 Å². The number of amides is 1. The van der Waals surface area contributed by atoms with Crippen molar-refractivity contribution in [2.24, 2.45) is 0 Å². The summed E-state index contributed by atoms with van der Waals surface area (Å²) < 4.78 is 2.27. The summed E-state index contributed by atoms with van der Waals surface area (Å²) >= 11 is 3.34. The summed E-state index contributed by atoms with van der Waals surface area (Å²) in [6, 6.07) is 3.15. The number of rotatable bonds is 2. The number of carbonyl (C=O) groups is 1. The first kappa shape index (κ1) is 14.3. The molecule has 5 nitrogen and oxygen atoms in total. The van der Waals surface area contributed by atoms with E-state index in [1.807, 2.05) is 4.90 Å². The Morgan fingerprint density at radius 1 is 1.32 bits per heavy atom. The summed E-state index contributed by atoms with van der Waals surface area (Å²) in [4.78, 5) is 26.4. The molecular formula is C13H18BrN3O2. The number of carbonyl (C=O) groups excluding carboxylic acids is 1. The molecule has 0 radical (unpaired) electrons. The van der Waals surface area contributed by atoms with Crippen LogP contribution in [0.4, 0.5) is 0 Å². The lowest BCUT2D eigenvalue weighted by atomic mass is 10.0. The average Bonchev–Trinajstić information content (AvgIpc) is 2.41. The fourth-order valence-electron chi connectivity index (χ4n) is 2.26. The zero-order chi connectivity index (χ0) is 14.0. The highest BCUT2D eigenvalue weighted by atomic mass is 79.9.